The summed E-state index contributed by atoms with van der Waals surface area (Å²) >= 11 is 0. The average molecular weight is 1100 g/mol. The molecule has 1 aliphatic rings. The Labute approximate surface area is 417 Å². The summed E-state index contributed by atoms with van der Waals surface area (Å²) in [6, 6.07) is 50.3. The summed E-state index contributed by atoms with van der Waals surface area (Å²) in [6.07, 6.45) is 3.92. The fraction of sp³-hybridized carbons (Fsp3) is 0.183. The smallest absolute Gasteiger partial charge is 0.0949 e. The van der Waals surface area contributed by atoms with E-state index >= 15 is 0 Å². The van der Waals surface area contributed by atoms with Crippen molar-refractivity contribution in [3.63, 3.8) is 0 Å². The number of anilines is 1. The first-order valence-electron chi connectivity index (χ1n) is 22.9. The van der Waals surface area contributed by atoms with Gasteiger partial charge in [0.25, 0.3) is 0 Å². The van der Waals surface area contributed by atoms with Crippen LogP contribution in [0.2, 0.25) is 0 Å². The summed E-state index contributed by atoms with van der Waals surface area (Å²) < 4.78 is 55.4. The third-order valence-electron chi connectivity index (χ3n) is 11.9. The third kappa shape index (κ3) is 11.8. The maximum atomic E-state index is 14.9. The topological polar surface area (TPSA) is 32.3 Å². The van der Waals surface area contributed by atoms with Crippen LogP contribution in [0.15, 0.2) is 152 Å². The van der Waals surface area contributed by atoms with Gasteiger partial charge in [0.05, 0.1) is 5.82 Å². The van der Waals surface area contributed by atoms with Gasteiger partial charge in [0.2, 0.25) is 0 Å². The largest absolute Gasteiger partial charge is 0.508 e. The van der Waals surface area contributed by atoms with E-state index in [-0.39, 0.29) is 37.3 Å². The van der Waals surface area contributed by atoms with Crippen LogP contribution >= 0.6 is 0 Å². The van der Waals surface area contributed by atoms with Crippen LogP contribution in [0.5, 0.6) is 0 Å². The Balaban J connectivity index is 0.000000202. The molecule has 0 N–H and O–H groups in total. The Hall–Kier alpha value is -6.67. The first-order chi connectivity index (χ1) is 32.7. The molecule has 9 rings (SSSR count). The van der Waals surface area contributed by atoms with Crippen LogP contribution < -0.4 is 4.90 Å². The van der Waals surface area contributed by atoms with Crippen molar-refractivity contribution in [2.75, 3.05) is 11.4 Å². The molecule has 0 spiro atoms. The Kier molecular flexibility index (Phi) is 16.1. The van der Waals surface area contributed by atoms with Crippen LogP contribution in [-0.2, 0) is 20.1 Å². The number of hydrogen-bond acceptors (Lipinski definition) is 4. The van der Waals surface area contributed by atoms with E-state index in [9.17, 15) is 17.6 Å². The van der Waals surface area contributed by atoms with Crippen molar-refractivity contribution in [1.82, 2.24) is 14.9 Å². The van der Waals surface area contributed by atoms with Crippen LogP contribution in [0.3, 0.4) is 0 Å². The number of halogens is 4. The molecule has 6 aromatic carbocycles. The molecular weight excluding hydrogens is 1040 g/mol. The van der Waals surface area contributed by atoms with E-state index in [1.807, 2.05) is 60.4 Å². The molecule has 69 heavy (non-hydrogen) atoms. The second-order valence-corrected chi connectivity index (χ2v) is 17.7. The molecule has 9 heteroatoms. The Morgan fingerprint density at radius 2 is 1.06 bits per heavy atom. The van der Waals surface area contributed by atoms with Gasteiger partial charge in [-0.2, -0.15) is 0 Å². The number of nitrogens with zero attached hydrogens (tertiary/aromatic N) is 4. The van der Waals surface area contributed by atoms with E-state index in [1.165, 1.54) is 41.0 Å². The van der Waals surface area contributed by atoms with Crippen LogP contribution in [-0.4, -0.2) is 21.4 Å². The van der Waals surface area contributed by atoms with Gasteiger partial charge in [0.15, 0.2) is 0 Å². The predicted molar refractivity (Wildman–Crippen MR) is 268 cm³/mol. The molecule has 0 fully saturated rings. The van der Waals surface area contributed by atoms with Crippen LogP contribution in [0.1, 0.15) is 82.9 Å². The van der Waals surface area contributed by atoms with Gasteiger partial charge in [0.1, 0.15) is 0 Å². The van der Waals surface area contributed by atoms with Crippen LogP contribution in [0, 0.1) is 48.1 Å². The quantitative estimate of drug-likeness (QED) is 0.0954. The number of aromatic nitrogens is 2. The molecule has 3 heterocycles. The van der Waals surface area contributed by atoms with Gasteiger partial charge in [-0.15, -0.1) is 78.5 Å². The fourth-order valence-electron chi connectivity index (χ4n) is 8.16. The minimum atomic E-state index is -0.676. The van der Waals surface area contributed by atoms with E-state index in [0.29, 0.717) is 51.8 Å². The summed E-state index contributed by atoms with van der Waals surface area (Å²) in [4.78, 5) is 13.5. The van der Waals surface area contributed by atoms with Crippen molar-refractivity contribution in [3.8, 4) is 67.2 Å². The van der Waals surface area contributed by atoms with Gasteiger partial charge in [-0.3, -0.25) is 22.5 Å². The maximum absolute atomic E-state index is 14.9. The fourth-order valence-corrected chi connectivity index (χ4v) is 8.16. The second kappa shape index (κ2) is 22.2. The van der Waals surface area contributed by atoms with Gasteiger partial charge in [0, 0.05) is 43.4 Å². The Bertz CT molecular complexity index is 2950. The number of hydrogen-bond donors (Lipinski definition) is 0. The zero-order valence-corrected chi connectivity index (χ0v) is 42.0. The average Bonchev–Trinajstić information content (AvgIpc) is 3.84. The van der Waals surface area contributed by atoms with Crippen molar-refractivity contribution in [2.45, 2.75) is 66.2 Å². The van der Waals surface area contributed by atoms with E-state index in [1.54, 1.807) is 12.1 Å². The van der Waals surface area contributed by atoms with Gasteiger partial charge in [-0.25, -0.2) is 0 Å². The van der Waals surface area contributed by atoms with Crippen molar-refractivity contribution in [2.24, 2.45) is 0 Å². The zero-order valence-electron chi connectivity index (χ0n) is 39.6. The summed E-state index contributed by atoms with van der Waals surface area (Å²) in [5.74, 6) is -0.380. The number of benzene rings is 6. The molecule has 8 aromatic rings. The molecule has 0 unspecified atom stereocenters. The second-order valence-electron chi connectivity index (χ2n) is 17.7. The van der Waals surface area contributed by atoms with Crippen molar-refractivity contribution in [3.05, 3.63) is 217 Å². The van der Waals surface area contributed by atoms with Crippen molar-refractivity contribution >= 4 is 5.82 Å². The van der Waals surface area contributed by atoms with E-state index in [0.717, 1.165) is 52.1 Å². The first kappa shape index (κ1) is 50.2. The van der Waals surface area contributed by atoms with Gasteiger partial charge < -0.3 is 14.8 Å². The summed E-state index contributed by atoms with van der Waals surface area (Å²) in [7, 11) is 0. The summed E-state index contributed by atoms with van der Waals surface area (Å²) in [5.41, 5.74) is 13.4. The van der Waals surface area contributed by atoms with Crippen LogP contribution in [0.25, 0.3) is 67.2 Å². The zero-order chi connectivity index (χ0) is 48.1. The molecule has 0 saturated carbocycles. The summed E-state index contributed by atoms with van der Waals surface area (Å²) in [6.45, 7) is 18.1. The SMILES string of the molecule is CCN1C=CN(c2cc(-c3c(C(C)C)cc(C(C)C)cc3C(C)C)cc(-c3[c-]cc(F)cc3F)n2)[CH-]1.Fc1c[c-]c(-c2cc(-c3ccc(-c4ccccc4)cc3)cc(-c3[c-]cc(F)cc3)n2)cc1.[Ir]. The Morgan fingerprint density at radius 1 is 0.522 bits per heavy atom. The van der Waals surface area contributed by atoms with E-state index < -0.39 is 11.6 Å². The maximum Gasteiger partial charge on any atom is 0.0949 e. The van der Waals surface area contributed by atoms with Gasteiger partial charge >= 0.3 is 0 Å². The van der Waals surface area contributed by atoms with Gasteiger partial charge in [-0.1, -0.05) is 145 Å². The van der Waals surface area contributed by atoms with Crippen molar-refractivity contribution in [1.29, 1.82) is 0 Å². The monoisotopic (exact) mass is 1100 g/mol. The molecule has 1 aliphatic heterocycles. The molecule has 4 nitrogen and oxygen atoms in total. The molecule has 0 saturated heterocycles. The standard InChI is InChI=1S/C31H35F2N3.C29H17F2N.Ir/c1-8-35-11-12-36(18-35)30-16-23(15-29(34-30)25-10-9-24(32)17-28(25)33)31-26(20(4)5)13-22(19(2)3)14-27(31)21(6)7;30-26-14-10-23(11-15-26)28-18-25(19-29(32-28)24-12-16-27(31)17-13-24)22-8-6-21(7-9-22)20-4-2-1-3-5-20;/h9,11-21H,8H2,1-7H3;1-10,12,14-19H;/q2*-2;. The van der Waals surface area contributed by atoms with Crippen LogP contribution in [0.4, 0.5) is 23.4 Å². The molecule has 0 amide bonds. The Morgan fingerprint density at radius 3 is 1.55 bits per heavy atom. The molecule has 0 aliphatic carbocycles. The first-order valence-corrected chi connectivity index (χ1v) is 22.9. The third-order valence-corrected chi connectivity index (χ3v) is 11.9. The molecule has 353 valence electrons. The number of pyridine rings is 2. The molecule has 1 radical (unpaired) electrons. The van der Waals surface area contributed by atoms with Gasteiger partial charge in [-0.05, 0) is 110 Å². The molecule has 0 atom stereocenters. The summed E-state index contributed by atoms with van der Waals surface area (Å²) in [5, 5.41) is 0. The minimum absolute atomic E-state index is 0. The molecular formula is C60H52F4IrN4-4. The minimum Gasteiger partial charge on any atom is -0.508 e. The molecule has 2 aromatic heterocycles. The predicted octanol–water partition coefficient (Wildman–Crippen LogP) is 16.2. The van der Waals surface area contributed by atoms with E-state index in [2.05, 4.69) is 126 Å². The molecule has 0 bridgehead atoms. The van der Waals surface area contributed by atoms with Crippen molar-refractivity contribution < 1.29 is 37.7 Å². The van der Waals surface area contributed by atoms with E-state index in [4.69, 9.17) is 9.97 Å². The normalized spacial score (nSPS) is 12.1. The number of rotatable bonds is 11.